The maximum atomic E-state index is 12.9. The van der Waals surface area contributed by atoms with Gasteiger partial charge in [0.05, 0.1) is 5.92 Å². The lowest BCUT2D eigenvalue weighted by Crippen LogP contribution is -2.42. The van der Waals surface area contributed by atoms with E-state index in [2.05, 4.69) is 5.32 Å². The summed E-state index contributed by atoms with van der Waals surface area (Å²) in [5.74, 6) is -0.664. The molecule has 0 aromatic heterocycles. The monoisotopic (exact) mass is 406 g/mol. The summed E-state index contributed by atoms with van der Waals surface area (Å²) in [6.45, 7) is 0. The van der Waals surface area contributed by atoms with E-state index in [4.69, 9.17) is 11.6 Å². The molecule has 6 heteroatoms. The predicted molar refractivity (Wildman–Crippen MR) is 113 cm³/mol. The van der Waals surface area contributed by atoms with Crippen LogP contribution in [-0.4, -0.2) is 16.7 Å². The number of hydrogen-bond acceptors (Lipinski definition) is 4. The maximum Gasteiger partial charge on any atom is 0.244 e. The molecule has 3 aromatic rings. The number of anilines is 1. The molecule has 1 N–H and O–H groups in total. The van der Waals surface area contributed by atoms with Gasteiger partial charge in [-0.1, -0.05) is 72.3 Å². The van der Waals surface area contributed by atoms with E-state index in [1.807, 2.05) is 36.4 Å². The quantitative estimate of drug-likeness (QED) is 0.344. The van der Waals surface area contributed by atoms with Gasteiger partial charge in [-0.25, -0.2) is 0 Å². The fourth-order valence-electron chi connectivity index (χ4n) is 4.04. The Bertz CT molecular complexity index is 1050. The van der Waals surface area contributed by atoms with E-state index >= 15 is 0 Å². The fourth-order valence-corrected chi connectivity index (χ4v) is 4.24. The second-order valence-corrected chi connectivity index (χ2v) is 7.58. The topological polar surface area (TPSA) is 72.2 Å². The number of halogens is 1. The molecule has 1 heterocycles. The molecule has 1 aliphatic rings. The zero-order chi connectivity index (χ0) is 20.4. The molecule has 4 rings (SSSR count). The van der Waals surface area contributed by atoms with Crippen LogP contribution >= 0.6 is 11.6 Å². The van der Waals surface area contributed by atoms with Crippen LogP contribution in [0.5, 0.6) is 0 Å². The minimum Gasteiger partial charge on any atom is -0.372 e. The first-order valence-corrected chi connectivity index (χ1v) is 9.75. The van der Waals surface area contributed by atoms with Crippen molar-refractivity contribution in [2.24, 2.45) is 0 Å². The molecule has 0 unspecified atom stereocenters. The number of nitro groups is 1. The van der Waals surface area contributed by atoms with Crippen LogP contribution in [0.25, 0.3) is 0 Å². The molecule has 146 valence electrons. The molecule has 29 heavy (non-hydrogen) atoms. The molecule has 0 saturated heterocycles. The summed E-state index contributed by atoms with van der Waals surface area (Å²) in [5.41, 5.74) is 2.88. The molecule has 0 aliphatic carbocycles. The molecule has 0 radical (unpaired) electrons. The summed E-state index contributed by atoms with van der Waals surface area (Å²) >= 11 is 6.14. The summed E-state index contributed by atoms with van der Waals surface area (Å²) in [5, 5.41) is 16.0. The number of fused-ring (bicyclic) bond motifs is 1. The lowest BCUT2D eigenvalue weighted by molar-refractivity contribution is -0.530. The summed E-state index contributed by atoms with van der Waals surface area (Å²) in [7, 11) is 0. The van der Waals surface area contributed by atoms with Crippen LogP contribution in [-0.2, 0) is 0 Å². The van der Waals surface area contributed by atoms with Crippen molar-refractivity contribution in [3.8, 4) is 0 Å². The number of para-hydroxylation sites is 1. The second-order valence-electron chi connectivity index (χ2n) is 7.14. The minimum absolute atomic E-state index is 0.0609. The van der Waals surface area contributed by atoms with Crippen molar-refractivity contribution >= 4 is 23.1 Å². The van der Waals surface area contributed by atoms with Crippen LogP contribution in [0.4, 0.5) is 5.69 Å². The highest BCUT2D eigenvalue weighted by molar-refractivity contribution is 6.30. The zero-order valence-corrected chi connectivity index (χ0v) is 16.3. The average molecular weight is 407 g/mol. The molecule has 5 nitrogen and oxygen atoms in total. The van der Waals surface area contributed by atoms with Gasteiger partial charge in [0, 0.05) is 27.6 Å². The number of nitrogens with zero attached hydrogens (tertiary/aromatic N) is 1. The molecular formula is C23H19ClN2O3. The van der Waals surface area contributed by atoms with Crippen LogP contribution in [0.15, 0.2) is 78.9 Å². The molecule has 0 bridgehead atoms. The van der Waals surface area contributed by atoms with Crippen molar-refractivity contribution in [2.45, 2.75) is 24.4 Å². The van der Waals surface area contributed by atoms with E-state index < -0.39 is 18.0 Å². The normalized spacial score (nSPS) is 20.4. The Morgan fingerprint density at radius 3 is 2.45 bits per heavy atom. The molecule has 0 fully saturated rings. The lowest BCUT2D eigenvalue weighted by Gasteiger charge is -2.35. The predicted octanol–water partition coefficient (Wildman–Crippen LogP) is 5.51. The van der Waals surface area contributed by atoms with Gasteiger partial charge in [0.2, 0.25) is 6.04 Å². The smallest absolute Gasteiger partial charge is 0.244 e. The van der Waals surface area contributed by atoms with Gasteiger partial charge in [-0.2, -0.15) is 0 Å². The van der Waals surface area contributed by atoms with Crippen molar-refractivity contribution in [2.75, 3.05) is 5.32 Å². The van der Waals surface area contributed by atoms with Gasteiger partial charge in [-0.3, -0.25) is 14.9 Å². The molecule has 0 amide bonds. The third kappa shape index (κ3) is 3.87. The number of Topliss-reactive ketones (excluding diaryl/α,β-unsaturated/α-hetero) is 1. The van der Waals surface area contributed by atoms with E-state index in [-0.39, 0.29) is 17.1 Å². The van der Waals surface area contributed by atoms with Gasteiger partial charge in [-0.05, 0) is 29.3 Å². The number of carbonyl (C=O) groups excluding carboxylic acids is 1. The molecule has 0 spiro atoms. The van der Waals surface area contributed by atoms with E-state index in [0.29, 0.717) is 10.6 Å². The Morgan fingerprint density at radius 1 is 1.00 bits per heavy atom. The van der Waals surface area contributed by atoms with E-state index in [1.54, 1.807) is 42.5 Å². The van der Waals surface area contributed by atoms with E-state index in [9.17, 15) is 14.9 Å². The number of carbonyl (C=O) groups is 1. The minimum atomic E-state index is -1.00. The van der Waals surface area contributed by atoms with Gasteiger partial charge >= 0.3 is 0 Å². The van der Waals surface area contributed by atoms with Gasteiger partial charge in [0.15, 0.2) is 5.78 Å². The molecule has 3 atom stereocenters. The Balaban J connectivity index is 1.78. The lowest BCUT2D eigenvalue weighted by atomic mass is 9.77. The number of nitrogens with one attached hydrogen (secondary N) is 1. The first-order valence-electron chi connectivity index (χ1n) is 9.37. The number of hydrogen-bond donors (Lipinski definition) is 1. The second kappa shape index (κ2) is 8.05. The summed E-state index contributed by atoms with van der Waals surface area (Å²) in [6, 6.07) is 21.9. The van der Waals surface area contributed by atoms with Crippen molar-refractivity contribution in [1.82, 2.24) is 0 Å². The van der Waals surface area contributed by atoms with Gasteiger partial charge < -0.3 is 5.32 Å². The standard InChI is InChI=1S/C23H19ClN2O3/c24-17-10-6-9-16(13-17)22-23(26(28)29)19(18-11-4-5-12-20(18)25-22)14-21(27)15-7-2-1-3-8-15/h1-13,19,22-23,25H,14H2/t19-,22+,23+/m1/s1. The summed E-state index contributed by atoms with van der Waals surface area (Å²) < 4.78 is 0. The van der Waals surface area contributed by atoms with Crippen LogP contribution in [0.1, 0.15) is 39.9 Å². The molecule has 0 saturated carbocycles. The summed E-state index contributed by atoms with van der Waals surface area (Å²) in [4.78, 5) is 24.8. The Morgan fingerprint density at radius 2 is 1.72 bits per heavy atom. The van der Waals surface area contributed by atoms with Crippen LogP contribution in [0.3, 0.4) is 0 Å². The maximum absolute atomic E-state index is 12.9. The third-order valence-corrected chi connectivity index (χ3v) is 5.61. The zero-order valence-electron chi connectivity index (χ0n) is 15.5. The van der Waals surface area contributed by atoms with Crippen molar-refractivity contribution in [3.63, 3.8) is 0 Å². The first kappa shape index (κ1) is 19.2. The highest BCUT2D eigenvalue weighted by Gasteiger charge is 2.46. The van der Waals surface area contributed by atoms with Crippen LogP contribution < -0.4 is 5.32 Å². The third-order valence-electron chi connectivity index (χ3n) is 5.38. The average Bonchev–Trinajstić information content (AvgIpc) is 2.73. The largest absolute Gasteiger partial charge is 0.372 e. The summed E-state index contributed by atoms with van der Waals surface area (Å²) in [6.07, 6.45) is 0.0609. The highest BCUT2D eigenvalue weighted by Crippen LogP contribution is 2.44. The van der Waals surface area contributed by atoms with E-state index in [0.717, 1.165) is 16.8 Å². The Kier molecular flexibility index (Phi) is 5.32. The van der Waals surface area contributed by atoms with Crippen molar-refractivity contribution in [1.29, 1.82) is 0 Å². The first-order chi connectivity index (χ1) is 14.0. The van der Waals surface area contributed by atoms with Crippen molar-refractivity contribution < 1.29 is 9.72 Å². The number of ketones is 1. The van der Waals surface area contributed by atoms with E-state index in [1.165, 1.54) is 0 Å². The molecule has 1 aliphatic heterocycles. The van der Waals surface area contributed by atoms with Crippen LogP contribution in [0, 0.1) is 10.1 Å². The SMILES string of the molecule is O=C(C[C@@H]1c2ccccc2N[C@@H](c2cccc(Cl)c2)[C@H]1[N+](=O)[O-])c1ccccc1. The Hall–Kier alpha value is -3.18. The number of rotatable bonds is 5. The van der Waals surface area contributed by atoms with Gasteiger partial charge in [-0.15, -0.1) is 0 Å². The molecule has 3 aromatic carbocycles. The Labute approximate surface area is 173 Å². The van der Waals surface area contributed by atoms with Gasteiger partial charge in [0.25, 0.3) is 0 Å². The van der Waals surface area contributed by atoms with Gasteiger partial charge in [0.1, 0.15) is 6.04 Å². The highest BCUT2D eigenvalue weighted by atomic mass is 35.5. The fraction of sp³-hybridized carbons (Fsp3) is 0.174. The number of benzene rings is 3. The van der Waals surface area contributed by atoms with Crippen LogP contribution in [0.2, 0.25) is 5.02 Å². The molecular weight excluding hydrogens is 388 g/mol. The van der Waals surface area contributed by atoms with Crippen molar-refractivity contribution in [3.05, 3.63) is 111 Å².